The highest BCUT2D eigenvalue weighted by Crippen LogP contribution is 2.25. The van der Waals surface area contributed by atoms with E-state index in [0.717, 1.165) is 5.57 Å². The lowest BCUT2D eigenvalue weighted by atomic mass is 9.98. The predicted octanol–water partition coefficient (Wildman–Crippen LogP) is 3.63. The van der Waals surface area contributed by atoms with Gasteiger partial charge in [0.1, 0.15) is 11.6 Å². The van der Waals surface area contributed by atoms with Gasteiger partial charge in [0.15, 0.2) is 0 Å². The van der Waals surface area contributed by atoms with Gasteiger partial charge in [0, 0.05) is 11.6 Å². The molecule has 1 aromatic rings. The van der Waals surface area contributed by atoms with Crippen LogP contribution in [0.25, 0.3) is 0 Å². The van der Waals surface area contributed by atoms with Gasteiger partial charge >= 0.3 is 0 Å². The Morgan fingerprint density at radius 3 is 2.62 bits per heavy atom. The summed E-state index contributed by atoms with van der Waals surface area (Å²) in [5.41, 5.74) is 7.16. The summed E-state index contributed by atoms with van der Waals surface area (Å²) >= 11 is 0. The zero-order valence-corrected chi connectivity index (χ0v) is 9.69. The van der Waals surface area contributed by atoms with E-state index in [0.29, 0.717) is 18.4 Å². The fraction of sp³-hybridized carbons (Fsp3) is 0.385. The Kier molecular flexibility index (Phi) is 4.19. The van der Waals surface area contributed by atoms with Crippen molar-refractivity contribution in [3.05, 3.63) is 47.0 Å². The van der Waals surface area contributed by atoms with Crippen LogP contribution in [-0.2, 0) is 0 Å². The Labute approximate surface area is 95.0 Å². The molecule has 1 atom stereocenters. The Hall–Kier alpha value is -1.22. The highest BCUT2D eigenvalue weighted by Gasteiger charge is 2.17. The number of nitrogens with two attached hydrogens (primary N) is 1. The summed E-state index contributed by atoms with van der Waals surface area (Å²) in [6.45, 7) is 7.21. The maximum absolute atomic E-state index is 13.7. The van der Waals surface area contributed by atoms with Gasteiger partial charge in [-0.1, -0.05) is 11.6 Å². The summed E-state index contributed by atoms with van der Waals surface area (Å²) in [6, 6.07) is 2.06. The lowest BCUT2D eigenvalue weighted by Gasteiger charge is -2.15. The first-order chi connectivity index (χ1) is 7.43. The summed E-state index contributed by atoms with van der Waals surface area (Å²) in [4.78, 5) is 0. The Morgan fingerprint density at radius 1 is 1.44 bits per heavy atom. The van der Waals surface area contributed by atoms with Gasteiger partial charge in [-0.05, 0) is 38.3 Å². The minimum absolute atomic E-state index is 0.0127. The first-order valence-corrected chi connectivity index (χ1v) is 5.28. The molecule has 0 saturated heterocycles. The van der Waals surface area contributed by atoms with Gasteiger partial charge in [-0.25, -0.2) is 8.78 Å². The van der Waals surface area contributed by atoms with Crippen LogP contribution in [0.1, 0.15) is 36.9 Å². The van der Waals surface area contributed by atoms with Crippen LogP contribution >= 0.6 is 0 Å². The average molecular weight is 225 g/mol. The molecule has 0 bridgehead atoms. The molecule has 1 rings (SSSR count). The maximum atomic E-state index is 13.7. The standard InChI is InChI=1S/C13H17F2N/c1-8(2)4-7-11(16)12-10(14)6-5-9(3)13(12)15/h5-6,11H,1,4,7,16H2,2-3H3. The number of aryl methyl sites for hydroxylation is 1. The van der Waals surface area contributed by atoms with Crippen molar-refractivity contribution >= 4 is 0 Å². The fourth-order valence-electron chi connectivity index (χ4n) is 1.56. The van der Waals surface area contributed by atoms with Gasteiger partial charge in [-0.15, -0.1) is 6.58 Å². The van der Waals surface area contributed by atoms with Gasteiger partial charge in [0.25, 0.3) is 0 Å². The predicted molar refractivity (Wildman–Crippen MR) is 62.1 cm³/mol. The lowest BCUT2D eigenvalue weighted by molar-refractivity contribution is 0.508. The fourth-order valence-corrected chi connectivity index (χ4v) is 1.56. The van der Waals surface area contributed by atoms with Crippen LogP contribution in [0.5, 0.6) is 0 Å². The molecule has 1 nitrogen and oxygen atoms in total. The van der Waals surface area contributed by atoms with Gasteiger partial charge in [-0.3, -0.25) is 0 Å². The minimum Gasteiger partial charge on any atom is -0.324 e. The monoisotopic (exact) mass is 225 g/mol. The molecule has 0 aliphatic heterocycles. The first-order valence-electron chi connectivity index (χ1n) is 5.28. The summed E-state index contributed by atoms with van der Waals surface area (Å²) < 4.78 is 27.2. The molecule has 0 aliphatic rings. The van der Waals surface area contributed by atoms with Gasteiger partial charge < -0.3 is 5.73 Å². The quantitative estimate of drug-likeness (QED) is 0.778. The van der Waals surface area contributed by atoms with Crippen molar-refractivity contribution in [2.24, 2.45) is 5.73 Å². The molecule has 0 aliphatic carbocycles. The van der Waals surface area contributed by atoms with Crippen LogP contribution in [0.3, 0.4) is 0 Å². The van der Waals surface area contributed by atoms with E-state index in [1.807, 2.05) is 6.92 Å². The van der Waals surface area contributed by atoms with Crippen LogP contribution in [0.4, 0.5) is 8.78 Å². The van der Waals surface area contributed by atoms with Crippen molar-refractivity contribution in [1.29, 1.82) is 0 Å². The molecule has 0 amide bonds. The van der Waals surface area contributed by atoms with Gasteiger partial charge in [0.05, 0.1) is 0 Å². The first kappa shape index (κ1) is 12.8. The third kappa shape index (κ3) is 2.89. The number of hydrogen-bond acceptors (Lipinski definition) is 1. The Balaban J connectivity index is 2.94. The normalized spacial score (nSPS) is 12.6. The largest absolute Gasteiger partial charge is 0.324 e. The molecule has 3 heteroatoms. The average Bonchev–Trinajstić information content (AvgIpc) is 2.21. The Bertz CT molecular complexity index is 399. The van der Waals surface area contributed by atoms with Crippen LogP contribution in [0, 0.1) is 18.6 Å². The molecule has 16 heavy (non-hydrogen) atoms. The van der Waals surface area contributed by atoms with Gasteiger partial charge in [-0.2, -0.15) is 0 Å². The zero-order chi connectivity index (χ0) is 12.3. The third-order valence-corrected chi connectivity index (χ3v) is 2.57. The van der Waals surface area contributed by atoms with E-state index < -0.39 is 17.7 Å². The third-order valence-electron chi connectivity index (χ3n) is 2.57. The molecule has 0 aromatic heterocycles. The molecular formula is C13H17F2N. The van der Waals surface area contributed by atoms with E-state index in [1.165, 1.54) is 12.1 Å². The van der Waals surface area contributed by atoms with Crippen LogP contribution in [0.15, 0.2) is 24.3 Å². The number of hydrogen-bond donors (Lipinski definition) is 1. The summed E-state index contributed by atoms with van der Waals surface area (Å²) in [5.74, 6) is -1.11. The van der Waals surface area contributed by atoms with E-state index in [-0.39, 0.29) is 5.56 Å². The molecular weight excluding hydrogens is 208 g/mol. The van der Waals surface area contributed by atoms with Crippen molar-refractivity contribution in [2.75, 3.05) is 0 Å². The lowest BCUT2D eigenvalue weighted by Crippen LogP contribution is -2.15. The topological polar surface area (TPSA) is 26.0 Å². The van der Waals surface area contributed by atoms with Crippen LogP contribution in [0.2, 0.25) is 0 Å². The second kappa shape index (κ2) is 5.21. The van der Waals surface area contributed by atoms with Crippen molar-refractivity contribution < 1.29 is 8.78 Å². The minimum atomic E-state index is -0.614. The summed E-state index contributed by atoms with van der Waals surface area (Å²) in [6.07, 6.45) is 1.18. The Morgan fingerprint density at radius 2 is 2.06 bits per heavy atom. The molecule has 0 fully saturated rings. The maximum Gasteiger partial charge on any atom is 0.133 e. The SMILES string of the molecule is C=C(C)CCC(N)c1c(F)ccc(C)c1F. The van der Waals surface area contributed by atoms with E-state index in [2.05, 4.69) is 6.58 Å². The van der Waals surface area contributed by atoms with E-state index in [4.69, 9.17) is 5.73 Å². The molecule has 0 radical (unpaired) electrons. The van der Waals surface area contributed by atoms with E-state index >= 15 is 0 Å². The van der Waals surface area contributed by atoms with E-state index in [1.54, 1.807) is 6.92 Å². The number of rotatable bonds is 4. The smallest absolute Gasteiger partial charge is 0.133 e. The highest BCUT2D eigenvalue weighted by molar-refractivity contribution is 5.29. The molecule has 2 N–H and O–H groups in total. The van der Waals surface area contributed by atoms with Crippen molar-refractivity contribution in [3.8, 4) is 0 Å². The van der Waals surface area contributed by atoms with Gasteiger partial charge in [0.2, 0.25) is 0 Å². The molecule has 1 aromatic carbocycles. The van der Waals surface area contributed by atoms with Crippen molar-refractivity contribution in [3.63, 3.8) is 0 Å². The highest BCUT2D eigenvalue weighted by atomic mass is 19.1. The summed E-state index contributed by atoms with van der Waals surface area (Å²) in [5, 5.41) is 0. The number of benzene rings is 1. The second-order valence-corrected chi connectivity index (χ2v) is 4.19. The summed E-state index contributed by atoms with van der Waals surface area (Å²) in [7, 11) is 0. The van der Waals surface area contributed by atoms with Crippen LogP contribution in [-0.4, -0.2) is 0 Å². The number of allylic oxidation sites excluding steroid dienone is 1. The zero-order valence-electron chi connectivity index (χ0n) is 9.69. The van der Waals surface area contributed by atoms with E-state index in [9.17, 15) is 8.78 Å². The molecule has 1 unspecified atom stereocenters. The molecule has 88 valence electrons. The molecule has 0 saturated carbocycles. The second-order valence-electron chi connectivity index (χ2n) is 4.19. The van der Waals surface area contributed by atoms with Crippen LogP contribution < -0.4 is 5.73 Å². The van der Waals surface area contributed by atoms with Crippen molar-refractivity contribution in [1.82, 2.24) is 0 Å². The molecule has 0 spiro atoms. The van der Waals surface area contributed by atoms with Crippen molar-refractivity contribution in [2.45, 2.75) is 32.7 Å². The molecule has 0 heterocycles. The number of halogens is 2.